The normalized spacial score (nSPS) is 12.9. The summed E-state index contributed by atoms with van der Waals surface area (Å²) in [5, 5.41) is 2.69. The fourth-order valence-corrected chi connectivity index (χ4v) is 8.28. The summed E-state index contributed by atoms with van der Waals surface area (Å²) in [7, 11) is -4.77. The highest BCUT2D eigenvalue weighted by Gasteiger charge is 2.21. The molecule has 0 rings (SSSR count). The number of ether oxygens (including phenoxy) is 2. The zero-order valence-corrected chi connectivity index (χ0v) is 40.7. The molecule has 0 radical (unpaired) electrons. The van der Waals surface area contributed by atoms with Crippen molar-refractivity contribution in [3.05, 3.63) is 0 Å². The first kappa shape index (κ1) is 59.5. The number of hydrogen-bond donors (Lipinski definition) is 2. The number of rotatable bonds is 49. The van der Waals surface area contributed by atoms with Crippen LogP contribution in [-0.4, -0.2) is 56.9 Å². The van der Waals surface area contributed by atoms with Crippen molar-refractivity contribution in [1.29, 1.82) is 0 Å². The number of hydrogen-bond acceptors (Lipinski definition) is 9. The summed E-state index contributed by atoms with van der Waals surface area (Å²) >= 11 is 0. The summed E-state index contributed by atoms with van der Waals surface area (Å²) in [6, 6.07) is 0. The number of nitrogens with one attached hydrogen (secondary N) is 1. The molecule has 0 saturated heterocycles. The highest BCUT2D eigenvalue weighted by molar-refractivity contribution is 7.45. The predicted molar refractivity (Wildman–Crippen MR) is 248 cm³/mol. The first-order valence-electron chi connectivity index (χ1n) is 25.7. The molecular formula is C49H97N2O9P. The van der Waals surface area contributed by atoms with Gasteiger partial charge in [0.2, 0.25) is 5.91 Å². The van der Waals surface area contributed by atoms with E-state index in [0.29, 0.717) is 19.3 Å². The number of carbonyl (C=O) groups is 3. The highest BCUT2D eigenvalue weighted by Crippen LogP contribution is 2.38. The van der Waals surface area contributed by atoms with Crippen molar-refractivity contribution in [2.45, 2.75) is 264 Å². The van der Waals surface area contributed by atoms with Gasteiger partial charge in [0.1, 0.15) is 6.61 Å². The van der Waals surface area contributed by atoms with Crippen molar-refractivity contribution in [1.82, 2.24) is 5.32 Å². The summed E-state index contributed by atoms with van der Waals surface area (Å²) in [6.07, 6.45) is 41.3. The lowest BCUT2D eigenvalue weighted by Crippen LogP contribution is -2.50. The molecule has 61 heavy (non-hydrogen) atoms. The van der Waals surface area contributed by atoms with Gasteiger partial charge in [0.15, 0.2) is 6.10 Å². The average molecular weight is 889 g/mol. The van der Waals surface area contributed by atoms with Crippen LogP contribution in [0.2, 0.25) is 0 Å². The van der Waals surface area contributed by atoms with Gasteiger partial charge in [-0.05, 0) is 32.1 Å². The molecule has 0 saturated carbocycles. The van der Waals surface area contributed by atoms with E-state index in [-0.39, 0.29) is 38.5 Å². The smallest absolute Gasteiger partial charge is 0.306 e. The summed E-state index contributed by atoms with van der Waals surface area (Å²) in [5.74, 6) is -1.03. The maximum absolute atomic E-state index is 12.8. The molecule has 2 unspecified atom stereocenters. The quantitative estimate of drug-likeness (QED) is 0.0343. The van der Waals surface area contributed by atoms with Crippen molar-refractivity contribution >= 4 is 25.7 Å². The van der Waals surface area contributed by atoms with Crippen LogP contribution in [0.15, 0.2) is 0 Å². The Morgan fingerprint density at radius 1 is 0.492 bits per heavy atom. The molecule has 0 fully saturated rings. The minimum atomic E-state index is -4.77. The van der Waals surface area contributed by atoms with E-state index in [1.54, 1.807) is 0 Å². The van der Waals surface area contributed by atoms with Crippen molar-refractivity contribution in [2.24, 2.45) is 0 Å². The number of unbranched alkanes of at least 4 members (excludes halogenated alkanes) is 32. The van der Waals surface area contributed by atoms with Gasteiger partial charge in [0.25, 0.3) is 7.82 Å². The Labute approximate surface area is 374 Å². The van der Waals surface area contributed by atoms with E-state index in [4.69, 9.17) is 18.5 Å². The lowest BCUT2D eigenvalue weighted by atomic mass is 10.0. The van der Waals surface area contributed by atoms with Crippen LogP contribution < -0.4 is 15.9 Å². The van der Waals surface area contributed by atoms with E-state index < -0.39 is 32.5 Å². The molecule has 0 aliphatic heterocycles. The molecule has 11 nitrogen and oxygen atoms in total. The zero-order valence-electron chi connectivity index (χ0n) is 39.8. The summed E-state index contributed by atoms with van der Waals surface area (Å²) < 4.78 is 33.6. The summed E-state index contributed by atoms with van der Waals surface area (Å²) in [6.45, 7) is 4.42. The molecule has 4 N–H and O–H groups in total. The number of carbonyl (C=O) groups excluding carboxylic acids is 3. The monoisotopic (exact) mass is 889 g/mol. The van der Waals surface area contributed by atoms with Crippen molar-refractivity contribution < 1.29 is 48.1 Å². The van der Waals surface area contributed by atoms with Crippen LogP contribution in [0.1, 0.15) is 258 Å². The summed E-state index contributed by atoms with van der Waals surface area (Å²) in [5.41, 5.74) is 3.88. The van der Waals surface area contributed by atoms with Crippen LogP contribution >= 0.6 is 7.82 Å². The van der Waals surface area contributed by atoms with E-state index in [1.165, 1.54) is 161 Å². The second kappa shape index (κ2) is 46.5. The maximum atomic E-state index is 12.8. The Balaban J connectivity index is 4.50. The van der Waals surface area contributed by atoms with Gasteiger partial charge in [0.05, 0.1) is 19.8 Å². The second-order valence-electron chi connectivity index (χ2n) is 17.5. The van der Waals surface area contributed by atoms with Crippen LogP contribution in [-0.2, 0) is 37.5 Å². The number of quaternary nitrogens is 1. The van der Waals surface area contributed by atoms with Crippen molar-refractivity contribution in [2.75, 3.05) is 32.9 Å². The van der Waals surface area contributed by atoms with Gasteiger partial charge in [-0.3, -0.25) is 18.9 Å². The molecule has 0 aliphatic carbocycles. The molecule has 0 spiro atoms. The van der Waals surface area contributed by atoms with Gasteiger partial charge < -0.3 is 34.5 Å². The minimum Gasteiger partial charge on any atom is -0.756 e. The fraction of sp³-hybridized carbons (Fsp3) is 0.939. The summed E-state index contributed by atoms with van der Waals surface area (Å²) in [4.78, 5) is 50.1. The molecule has 12 heteroatoms. The molecule has 0 aromatic rings. The molecule has 2 atom stereocenters. The standard InChI is InChI=1S/C49H97N2O9P/c1-3-5-7-9-11-13-15-17-19-23-27-31-35-39-48(53)57-44-46(60-49(54)40-36-32-28-24-20-18-16-14-12-10-8-6-4-2)45-59-61(55,56)58-43-42-51-47(52)38-34-30-26-22-21-25-29-33-37-41-50/h46H,3-45,50H2,1-2H3,(H,51,52)(H,55,56). The largest absolute Gasteiger partial charge is 0.756 e. The highest BCUT2D eigenvalue weighted by atomic mass is 31.2. The Kier molecular flexibility index (Phi) is 45.3. The van der Waals surface area contributed by atoms with E-state index >= 15 is 0 Å². The van der Waals surface area contributed by atoms with Gasteiger partial charge in [0, 0.05) is 25.8 Å². The third-order valence-corrected chi connectivity index (χ3v) is 12.4. The van der Waals surface area contributed by atoms with Crippen LogP contribution in [0.25, 0.3) is 0 Å². The van der Waals surface area contributed by atoms with E-state index in [1.807, 2.05) is 0 Å². The fourth-order valence-electron chi connectivity index (χ4n) is 7.54. The van der Waals surface area contributed by atoms with E-state index in [9.17, 15) is 23.8 Å². The minimum absolute atomic E-state index is 0.0239. The predicted octanol–water partition coefficient (Wildman–Crippen LogP) is 12.2. The van der Waals surface area contributed by atoms with Crippen molar-refractivity contribution in [3.63, 3.8) is 0 Å². The number of esters is 2. The molecular weight excluding hydrogens is 792 g/mol. The van der Waals surface area contributed by atoms with Gasteiger partial charge >= 0.3 is 11.9 Å². The Bertz CT molecular complexity index is 1030. The van der Waals surface area contributed by atoms with Gasteiger partial charge in [-0.1, -0.05) is 206 Å². The number of phosphoric ester groups is 1. The Hall–Kier alpha value is -1.52. The molecule has 362 valence electrons. The average Bonchev–Trinajstić information content (AvgIpc) is 3.24. The van der Waals surface area contributed by atoms with Crippen molar-refractivity contribution in [3.8, 4) is 0 Å². The zero-order chi connectivity index (χ0) is 44.8. The SMILES string of the molecule is CCCCCCCCCCCCCCCC(=O)OCC(COP(=O)([O-])OCCNC(=O)CCCCCCCCCCC[NH3+])OC(=O)CCCCCCCCCCCCCCC. The molecule has 0 aromatic carbocycles. The number of phosphoric acid groups is 1. The third kappa shape index (κ3) is 46.3. The number of amides is 1. The van der Waals surface area contributed by atoms with Gasteiger partial charge in [-0.2, -0.15) is 0 Å². The van der Waals surface area contributed by atoms with Gasteiger partial charge in [-0.15, -0.1) is 0 Å². The Morgan fingerprint density at radius 2 is 0.852 bits per heavy atom. The van der Waals surface area contributed by atoms with Crippen LogP contribution in [0.5, 0.6) is 0 Å². The van der Waals surface area contributed by atoms with Crippen LogP contribution in [0.4, 0.5) is 0 Å². The second-order valence-corrected chi connectivity index (χ2v) is 18.9. The first-order chi connectivity index (χ1) is 29.7. The van der Waals surface area contributed by atoms with Crippen LogP contribution in [0.3, 0.4) is 0 Å². The topological polar surface area (TPSA) is 168 Å². The molecule has 0 aromatic heterocycles. The lowest BCUT2D eigenvalue weighted by molar-refractivity contribution is -0.368. The van der Waals surface area contributed by atoms with E-state index in [0.717, 1.165) is 57.9 Å². The first-order valence-corrected chi connectivity index (χ1v) is 27.2. The maximum Gasteiger partial charge on any atom is 0.306 e. The third-order valence-electron chi connectivity index (χ3n) is 11.4. The molecule has 0 aliphatic rings. The van der Waals surface area contributed by atoms with Gasteiger partial charge in [-0.25, -0.2) is 0 Å². The molecule has 0 heterocycles. The lowest BCUT2D eigenvalue weighted by Gasteiger charge is -2.25. The molecule has 0 bridgehead atoms. The van der Waals surface area contributed by atoms with Crippen LogP contribution in [0, 0.1) is 0 Å². The molecule has 1 amide bonds. The Morgan fingerprint density at radius 3 is 1.26 bits per heavy atom. The van der Waals surface area contributed by atoms with E-state index in [2.05, 4.69) is 24.9 Å².